The average Bonchev–Trinajstić information content (AvgIpc) is 2.76. The van der Waals surface area contributed by atoms with Crippen LogP contribution in [0.4, 0.5) is 0 Å². The van der Waals surface area contributed by atoms with Crippen molar-refractivity contribution in [1.82, 2.24) is 4.90 Å². The predicted octanol–water partition coefficient (Wildman–Crippen LogP) is 5.29. The highest BCUT2D eigenvalue weighted by atomic mass is 31.1. The molecule has 2 atom stereocenters. The largest absolute Gasteiger partial charge is 0.295 e. The summed E-state index contributed by atoms with van der Waals surface area (Å²) < 4.78 is 0. The van der Waals surface area contributed by atoms with Crippen LogP contribution in [-0.4, -0.2) is 24.3 Å². The summed E-state index contributed by atoms with van der Waals surface area (Å²) in [5.41, 5.74) is 1.36. The number of hydrogen-bond acceptors (Lipinski definition) is 1. The lowest BCUT2D eigenvalue weighted by atomic mass is 9.87. The molecule has 0 saturated heterocycles. The summed E-state index contributed by atoms with van der Waals surface area (Å²) in [5, 5.41) is 2.66. The Balaban J connectivity index is 1.97. The standard InChI is InChI=1S/C26H26NP/c1-27(2)26(21-13-12-20-25(26)22-14-6-3-7-15-22)28(23-16-8-4-9-17-23)24-18-10-5-11-19-24/h3-21,25H,1-2H3. The number of rotatable bonds is 5. The van der Waals surface area contributed by atoms with Crippen LogP contribution in [0.15, 0.2) is 115 Å². The van der Waals surface area contributed by atoms with Crippen LogP contribution in [0, 0.1) is 0 Å². The zero-order valence-corrected chi connectivity index (χ0v) is 17.3. The monoisotopic (exact) mass is 383 g/mol. The highest BCUT2D eigenvalue weighted by Crippen LogP contribution is 2.58. The summed E-state index contributed by atoms with van der Waals surface area (Å²) in [7, 11) is 3.78. The van der Waals surface area contributed by atoms with Gasteiger partial charge in [0.2, 0.25) is 0 Å². The Labute approximate surface area is 169 Å². The second-order valence-corrected chi connectivity index (χ2v) is 9.74. The topological polar surface area (TPSA) is 3.24 Å². The molecule has 0 aromatic heterocycles. The van der Waals surface area contributed by atoms with Crippen molar-refractivity contribution in [3.63, 3.8) is 0 Å². The third-order valence-corrected chi connectivity index (χ3v) is 8.65. The minimum absolute atomic E-state index is 0.145. The van der Waals surface area contributed by atoms with Crippen LogP contribution in [0.2, 0.25) is 0 Å². The first-order chi connectivity index (χ1) is 13.7. The molecule has 1 aliphatic rings. The van der Waals surface area contributed by atoms with E-state index in [2.05, 4.69) is 134 Å². The summed E-state index contributed by atoms with van der Waals surface area (Å²) in [5.74, 6) is 0.278. The first-order valence-corrected chi connectivity index (χ1v) is 11.1. The zero-order valence-electron chi connectivity index (χ0n) is 16.4. The number of hydrogen-bond donors (Lipinski definition) is 0. The first-order valence-electron chi connectivity index (χ1n) is 9.72. The van der Waals surface area contributed by atoms with Crippen LogP contribution < -0.4 is 10.6 Å². The van der Waals surface area contributed by atoms with Crippen molar-refractivity contribution in [2.75, 3.05) is 14.1 Å². The van der Waals surface area contributed by atoms with E-state index in [4.69, 9.17) is 0 Å². The van der Waals surface area contributed by atoms with Gasteiger partial charge in [-0.1, -0.05) is 115 Å². The summed E-state index contributed by atoms with van der Waals surface area (Å²) >= 11 is 0. The Kier molecular flexibility index (Phi) is 5.57. The minimum Gasteiger partial charge on any atom is -0.295 e. The highest BCUT2D eigenvalue weighted by molar-refractivity contribution is 7.74. The third-order valence-electron chi connectivity index (χ3n) is 5.48. The van der Waals surface area contributed by atoms with E-state index in [9.17, 15) is 0 Å². The quantitative estimate of drug-likeness (QED) is 0.541. The van der Waals surface area contributed by atoms with Crippen LogP contribution in [0.1, 0.15) is 11.5 Å². The van der Waals surface area contributed by atoms with Crippen molar-refractivity contribution in [3.05, 3.63) is 121 Å². The molecule has 3 aromatic carbocycles. The molecule has 2 heteroatoms. The SMILES string of the molecule is CN(C)C1(P(c2ccccc2)c2ccccc2)C=CC=CC1c1ccccc1. The lowest BCUT2D eigenvalue weighted by molar-refractivity contribution is 0.281. The van der Waals surface area contributed by atoms with Crippen molar-refractivity contribution in [2.45, 2.75) is 11.2 Å². The van der Waals surface area contributed by atoms with E-state index in [1.54, 1.807) is 0 Å². The number of likely N-dealkylation sites (N-methyl/N-ethyl adjacent to an activating group) is 1. The fourth-order valence-corrected chi connectivity index (χ4v) is 7.41. The molecule has 2 unspecified atom stereocenters. The molecule has 0 saturated carbocycles. The van der Waals surface area contributed by atoms with Crippen molar-refractivity contribution >= 4 is 18.5 Å². The first kappa shape index (κ1) is 18.9. The molecule has 0 bridgehead atoms. The molecule has 3 aromatic rings. The van der Waals surface area contributed by atoms with Gasteiger partial charge >= 0.3 is 0 Å². The molecule has 0 aliphatic heterocycles. The Morgan fingerprint density at radius 2 is 1.18 bits per heavy atom. The molecule has 28 heavy (non-hydrogen) atoms. The lowest BCUT2D eigenvalue weighted by Gasteiger charge is -2.50. The molecule has 0 spiro atoms. The van der Waals surface area contributed by atoms with Gasteiger partial charge in [0.15, 0.2) is 0 Å². The molecule has 0 N–H and O–H groups in total. The van der Waals surface area contributed by atoms with Crippen molar-refractivity contribution in [1.29, 1.82) is 0 Å². The summed E-state index contributed by atoms with van der Waals surface area (Å²) in [4.78, 5) is 2.43. The smallest absolute Gasteiger partial charge is 0.0775 e. The Bertz CT molecular complexity index is 908. The van der Waals surface area contributed by atoms with E-state index >= 15 is 0 Å². The van der Waals surface area contributed by atoms with Gasteiger partial charge in [-0.15, -0.1) is 0 Å². The summed E-state index contributed by atoms with van der Waals surface area (Å²) in [6, 6.07) is 32.9. The maximum atomic E-state index is 2.43. The van der Waals surface area contributed by atoms with Crippen molar-refractivity contribution in [3.8, 4) is 0 Å². The Morgan fingerprint density at radius 3 is 1.68 bits per heavy atom. The van der Waals surface area contributed by atoms with E-state index in [1.165, 1.54) is 16.2 Å². The molecule has 0 radical (unpaired) electrons. The van der Waals surface area contributed by atoms with Crippen molar-refractivity contribution in [2.24, 2.45) is 0 Å². The van der Waals surface area contributed by atoms with Gasteiger partial charge in [-0.05, 0) is 38.2 Å². The Morgan fingerprint density at radius 1 is 0.679 bits per heavy atom. The van der Waals surface area contributed by atoms with E-state index < -0.39 is 7.92 Å². The Hall–Kier alpha value is -2.47. The second-order valence-electron chi connectivity index (χ2n) is 7.32. The molecule has 1 aliphatic carbocycles. The van der Waals surface area contributed by atoms with Gasteiger partial charge in [0.05, 0.1) is 5.28 Å². The normalized spacial score (nSPS) is 21.4. The number of nitrogens with zero attached hydrogens (tertiary/aromatic N) is 1. The maximum Gasteiger partial charge on any atom is 0.0775 e. The fraction of sp³-hybridized carbons (Fsp3) is 0.154. The van der Waals surface area contributed by atoms with E-state index in [1.807, 2.05) is 0 Å². The lowest BCUT2D eigenvalue weighted by Crippen LogP contribution is -2.50. The highest BCUT2D eigenvalue weighted by Gasteiger charge is 2.47. The van der Waals surface area contributed by atoms with Gasteiger partial charge in [-0.2, -0.15) is 0 Å². The van der Waals surface area contributed by atoms with E-state index in [0.717, 1.165) is 0 Å². The van der Waals surface area contributed by atoms with Crippen LogP contribution in [0.3, 0.4) is 0 Å². The molecule has 140 valence electrons. The maximum absolute atomic E-state index is 2.43. The van der Waals surface area contributed by atoms with Crippen LogP contribution in [0.5, 0.6) is 0 Å². The zero-order chi connectivity index (χ0) is 19.4. The van der Waals surface area contributed by atoms with E-state index in [-0.39, 0.29) is 11.2 Å². The molecule has 0 fully saturated rings. The van der Waals surface area contributed by atoms with Crippen LogP contribution in [-0.2, 0) is 0 Å². The molecule has 0 amide bonds. The minimum atomic E-state index is -0.668. The van der Waals surface area contributed by atoms with Gasteiger partial charge in [0.25, 0.3) is 0 Å². The van der Waals surface area contributed by atoms with Gasteiger partial charge in [-0.25, -0.2) is 0 Å². The molecular formula is C26H26NP. The summed E-state index contributed by atoms with van der Waals surface area (Å²) in [6.07, 6.45) is 9.22. The third kappa shape index (κ3) is 3.37. The van der Waals surface area contributed by atoms with Gasteiger partial charge < -0.3 is 0 Å². The van der Waals surface area contributed by atoms with Gasteiger partial charge in [-0.3, -0.25) is 4.90 Å². The number of benzene rings is 3. The molecule has 1 nitrogen and oxygen atoms in total. The summed E-state index contributed by atoms with van der Waals surface area (Å²) in [6.45, 7) is 0. The molecular weight excluding hydrogens is 357 g/mol. The molecule has 0 heterocycles. The van der Waals surface area contributed by atoms with Crippen LogP contribution >= 0.6 is 7.92 Å². The number of allylic oxidation sites excluding steroid dienone is 2. The van der Waals surface area contributed by atoms with Gasteiger partial charge in [0.1, 0.15) is 0 Å². The van der Waals surface area contributed by atoms with Crippen LogP contribution in [0.25, 0.3) is 0 Å². The van der Waals surface area contributed by atoms with Crippen molar-refractivity contribution < 1.29 is 0 Å². The average molecular weight is 383 g/mol. The fourth-order valence-electron chi connectivity index (χ4n) is 4.19. The van der Waals surface area contributed by atoms with E-state index in [0.29, 0.717) is 0 Å². The molecule has 4 rings (SSSR count). The predicted molar refractivity (Wildman–Crippen MR) is 123 cm³/mol. The second kappa shape index (κ2) is 8.27. The van der Waals surface area contributed by atoms with Gasteiger partial charge in [0, 0.05) is 5.92 Å².